The van der Waals surface area contributed by atoms with Crippen molar-refractivity contribution < 1.29 is 4.74 Å². The molecule has 0 saturated carbocycles. The van der Waals surface area contributed by atoms with Crippen molar-refractivity contribution in [2.75, 3.05) is 11.9 Å². The Bertz CT molecular complexity index is 414. The van der Waals surface area contributed by atoms with Crippen LogP contribution in [-0.2, 0) is 0 Å². The molecule has 0 amide bonds. The number of halogens is 1. The van der Waals surface area contributed by atoms with E-state index >= 15 is 0 Å². The van der Waals surface area contributed by atoms with Gasteiger partial charge in [0.25, 0.3) is 0 Å². The lowest BCUT2D eigenvalue weighted by atomic mass is 10.1. The van der Waals surface area contributed by atoms with Gasteiger partial charge in [-0.1, -0.05) is 105 Å². The normalized spacial score (nSPS) is 11.2. The van der Waals surface area contributed by atoms with Crippen molar-refractivity contribution in [1.82, 2.24) is 0 Å². The summed E-state index contributed by atoms with van der Waals surface area (Å²) in [5, 5.41) is 0.865. The van der Waals surface area contributed by atoms with Gasteiger partial charge in [-0.05, 0) is 18.9 Å². The van der Waals surface area contributed by atoms with Gasteiger partial charge in [0, 0.05) is 10.9 Å². The third-order valence-corrected chi connectivity index (χ3v) is 4.35. The first kappa shape index (κ1) is 20.3. The van der Waals surface area contributed by atoms with Crippen LogP contribution < -0.4 is 4.74 Å². The maximum Gasteiger partial charge on any atom is 0.126 e. The zero-order valence-corrected chi connectivity index (χ0v) is 16.3. The lowest BCUT2D eigenvalue weighted by Gasteiger charge is -2.07. The van der Waals surface area contributed by atoms with Gasteiger partial charge in [-0.15, -0.1) is 0 Å². The van der Waals surface area contributed by atoms with E-state index in [0.29, 0.717) is 6.61 Å². The molecule has 0 radical (unpaired) electrons. The van der Waals surface area contributed by atoms with E-state index in [2.05, 4.69) is 47.1 Å². The van der Waals surface area contributed by atoms with Crippen LogP contribution >= 0.6 is 15.9 Å². The lowest BCUT2D eigenvalue weighted by molar-refractivity contribution is 0.344. The molecule has 0 aliphatic heterocycles. The van der Waals surface area contributed by atoms with Crippen molar-refractivity contribution in [3.8, 4) is 5.75 Å². The van der Waals surface area contributed by atoms with E-state index in [4.69, 9.17) is 4.74 Å². The second-order valence-corrected chi connectivity index (χ2v) is 6.89. The minimum Gasteiger partial charge on any atom is -0.492 e. The number of rotatable bonds is 14. The summed E-state index contributed by atoms with van der Waals surface area (Å²) < 4.78 is 5.74. The summed E-state index contributed by atoms with van der Waals surface area (Å²) in [5.41, 5.74) is 1.18. The predicted octanol–water partition coefficient (Wildman–Crippen LogP) is 7.39. The van der Waals surface area contributed by atoms with Crippen LogP contribution in [0, 0.1) is 0 Å². The molecule has 0 aliphatic carbocycles. The number of allylic oxidation sites excluding steroid dienone is 1. The molecule has 0 unspecified atom stereocenters. The van der Waals surface area contributed by atoms with Crippen molar-refractivity contribution in [2.45, 2.75) is 71.1 Å². The number of unbranched alkanes of at least 4 members (excludes halogenated alkanes) is 9. The van der Waals surface area contributed by atoms with Gasteiger partial charge < -0.3 is 4.74 Å². The fourth-order valence-corrected chi connectivity index (χ4v) is 2.84. The molecule has 0 spiro atoms. The predicted molar refractivity (Wildman–Crippen MR) is 107 cm³/mol. The molecule has 0 aliphatic rings. The molecule has 1 nitrogen and oxygen atoms in total. The van der Waals surface area contributed by atoms with E-state index in [-0.39, 0.29) is 0 Å². The highest BCUT2D eigenvalue weighted by molar-refractivity contribution is 9.09. The number of hydrogen-bond acceptors (Lipinski definition) is 1. The van der Waals surface area contributed by atoms with Gasteiger partial charge >= 0.3 is 0 Å². The van der Waals surface area contributed by atoms with E-state index in [1.807, 2.05) is 12.1 Å². The molecule has 0 bridgehead atoms. The fourth-order valence-electron chi connectivity index (χ4n) is 2.68. The van der Waals surface area contributed by atoms with E-state index in [1.54, 1.807) is 0 Å². The highest BCUT2D eigenvalue weighted by atomic mass is 79.9. The maximum absolute atomic E-state index is 5.74. The quantitative estimate of drug-likeness (QED) is 0.241. The molecule has 130 valence electrons. The first-order valence-corrected chi connectivity index (χ1v) is 10.4. The highest BCUT2D eigenvalue weighted by Gasteiger charge is 1.98. The largest absolute Gasteiger partial charge is 0.492 e. The Morgan fingerprint density at radius 3 is 2.26 bits per heavy atom. The summed E-state index contributed by atoms with van der Waals surface area (Å²) in [4.78, 5) is 0. The van der Waals surface area contributed by atoms with Gasteiger partial charge in [0.15, 0.2) is 0 Å². The SMILES string of the molecule is CCCCCCCCCCC/C=C/c1ccccc1OCCBr. The Labute approximate surface area is 151 Å². The number of para-hydroxylation sites is 1. The van der Waals surface area contributed by atoms with Crippen molar-refractivity contribution in [3.05, 3.63) is 35.9 Å². The fraction of sp³-hybridized carbons (Fsp3) is 0.619. The monoisotopic (exact) mass is 380 g/mol. The van der Waals surface area contributed by atoms with Crippen molar-refractivity contribution in [3.63, 3.8) is 0 Å². The first-order chi connectivity index (χ1) is 11.4. The van der Waals surface area contributed by atoms with Crippen molar-refractivity contribution >= 4 is 22.0 Å². The molecule has 1 rings (SSSR count). The number of ether oxygens (including phenoxy) is 1. The summed E-state index contributed by atoms with van der Waals surface area (Å²) in [5.74, 6) is 0.982. The van der Waals surface area contributed by atoms with Crippen LogP contribution in [-0.4, -0.2) is 11.9 Å². The van der Waals surface area contributed by atoms with Crippen LogP contribution in [0.1, 0.15) is 76.7 Å². The zero-order chi connectivity index (χ0) is 16.6. The number of alkyl halides is 1. The van der Waals surface area contributed by atoms with E-state index in [9.17, 15) is 0 Å². The molecular weight excluding hydrogens is 348 g/mol. The molecule has 0 atom stereocenters. The smallest absolute Gasteiger partial charge is 0.126 e. The van der Waals surface area contributed by atoms with Crippen LogP contribution in [0.4, 0.5) is 0 Å². The zero-order valence-electron chi connectivity index (χ0n) is 14.7. The van der Waals surface area contributed by atoms with E-state index in [0.717, 1.165) is 11.1 Å². The second kappa shape index (κ2) is 14.8. The summed E-state index contributed by atoms with van der Waals surface area (Å²) in [6.45, 7) is 2.99. The highest BCUT2D eigenvalue weighted by Crippen LogP contribution is 2.20. The second-order valence-electron chi connectivity index (χ2n) is 6.09. The molecule has 1 aromatic rings. The van der Waals surface area contributed by atoms with Crippen LogP contribution in [0.15, 0.2) is 30.3 Å². The Kier molecular flexibility index (Phi) is 13.1. The van der Waals surface area contributed by atoms with Crippen molar-refractivity contribution in [2.24, 2.45) is 0 Å². The maximum atomic E-state index is 5.74. The third-order valence-electron chi connectivity index (χ3n) is 4.03. The molecule has 0 N–H and O–H groups in total. The van der Waals surface area contributed by atoms with Crippen LogP contribution in [0.25, 0.3) is 6.08 Å². The third kappa shape index (κ3) is 10.6. The molecule has 0 saturated heterocycles. The Morgan fingerprint density at radius 1 is 0.913 bits per heavy atom. The van der Waals surface area contributed by atoms with Crippen LogP contribution in [0.2, 0.25) is 0 Å². The molecular formula is C21H33BrO. The minimum absolute atomic E-state index is 0.711. The Hall–Kier alpha value is -0.760. The van der Waals surface area contributed by atoms with Crippen LogP contribution in [0.3, 0.4) is 0 Å². The molecule has 1 aromatic carbocycles. The van der Waals surface area contributed by atoms with Gasteiger partial charge in [-0.25, -0.2) is 0 Å². The topological polar surface area (TPSA) is 9.23 Å². The average molecular weight is 381 g/mol. The minimum atomic E-state index is 0.711. The Balaban J connectivity index is 2.10. The van der Waals surface area contributed by atoms with Gasteiger partial charge in [-0.3, -0.25) is 0 Å². The summed E-state index contributed by atoms with van der Waals surface area (Å²) in [6.07, 6.45) is 18.2. The summed E-state index contributed by atoms with van der Waals surface area (Å²) in [6, 6.07) is 8.26. The van der Waals surface area contributed by atoms with Crippen molar-refractivity contribution in [1.29, 1.82) is 0 Å². The van der Waals surface area contributed by atoms with E-state index < -0.39 is 0 Å². The van der Waals surface area contributed by atoms with Gasteiger partial charge in [-0.2, -0.15) is 0 Å². The number of benzene rings is 1. The first-order valence-electron chi connectivity index (χ1n) is 9.32. The molecule has 0 aromatic heterocycles. The van der Waals surface area contributed by atoms with Gasteiger partial charge in [0.05, 0.1) is 6.61 Å². The number of hydrogen-bond donors (Lipinski definition) is 0. The molecule has 0 fully saturated rings. The lowest BCUT2D eigenvalue weighted by Crippen LogP contribution is -1.98. The average Bonchev–Trinajstić information content (AvgIpc) is 2.58. The summed E-state index contributed by atoms with van der Waals surface area (Å²) in [7, 11) is 0. The van der Waals surface area contributed by atoms with Gasteiger partial charge in [0.1, 0.15) is 5.75 Å². The standard InChI is InChI=1S/C21H33BrO/c1-2-3-4-5-6-7-8-9-10-11-12-15-20-16-13-14-17-21(20)23-19-18-22/h12-17H,2-11,18-19H2,1H3/b15-12+. The molecule has 0 heterocycles. The van der Waals surface area contributed by atoms with E-state index in [1.165, 1.54) is 69.8 Å². The Morgan fingerprint density at radius 2 is 1.57 bits per heavy atom. The molecule has 23 heavy (non-hydrogen) atoms. The molecule has 2 heteroatoms. The van der Waals surface area contributed by atoms with Gasteiger partial charge in [0.2, 0.25) is 0 Å². The van der Waals surface area contributed by atoms with Crippen LogP contribution in [0.5, 0.6) is 5.75 Å². The summed E-state index contributed by atoms with van der Waals surface area (Å²) >= 11 is 3.40.